The van der Waals surface area contributed by atoms with Crippen molar-refractivity contribution in [1.29, 1.82) is 0 Å². The van der Waals surface area contributed by atoms with Crippen LogP contribution in [-0.2, 0) is 5.41 Å². The lowest BCUT2D eigenvalue weighted by atomic mass is 10.1. The van der Waals surface area contributed by atoms with Gasteiger partial charge < -0.3 is 10.1 Å². The Balaban J connectivity index is 2.28. The average Bonchev–Trinajstić information content (AvgIpc) is 3.00. The quantitative estimate of drug-likeness (QED) is 0.904. The lowest BCUT2D eigenvalue weighted by molar-refractivity contribution is 0.645. The van der Waals surface area contributed by atoms with Crippen molar-refractivity contribution >= 4 is 21.4 Å². The number of halogens is 1. The molecule has 0 bridgehead atoms. The summed E-state index contributed by atoms with van der Waals surface area (Å²) < 4.78 is 3.06. The molecule has 78 valence electrons. The molecule has 0 aromatic carbocycles. The van der Waals surface area contributed by atoms with Crippen LogP contribution in [0.2, 0.25) is 0 Å². The van der Waals surface area contributed by atoms with E-state index in [1.54, 1.807) is 0 Å². The smallest absolute Gasteiger partial charge is 0.132 e. The maximum Gasteiger partial charge on any atom is 0.132 e. The molecule has 15 heavy (non-hydrogen) atoms. The molecule has 4 heteroatoms. The highest BCUT2D eigenvalue weighted by atomic mass is 79.9. The molecular weight excluding hydrogens is 254 g/mol. The first kappa shape index (κ1) is 9.36. The molecule has 1 fully saturated rings. The maximum absolute atomic E-state index is 5.83. The number of pyridine rings is 1. The summed E-state index contributed by atoms with van der Waals surface area (Å²) in [5, 5.41) is 0. The largest absolute Gasteiger partial charge is 0.329 e. The molecule has 3 rings (SSSR count). The van der Waals surface area contributed by atoms with E-state index in [1.165, 1.54) is 0 Å². The van der Waals surface area contributed by atoms with E-state index in [4.69, 9.17) is 5.73 Å². The van der Waals surface area contributed by atoms with Crippen LogP contribution >= 0.6 is 15.9 Å². The molecule has 0 spiro atoms. The van der Waals surface area contributed by atoms with Gasteiger partial charge in [0.1, 0.15) is 10.4 Å². The SMILES string of the molecule is NCC1(c2nc(Br)c3ccccn23)CC1. The zero-order chi connectivity index (χ0) is 10.5. The second-order valence-electron chi connectivity index (χ2n) is 4.17. The minimum atomic E-state index is 0.135. The van der Waals surface area contributed by atoms with Crippen molar-refractivity contribution in [3.63, 3.8) is 0 Å². The van der Waals surface area contributed by atoms with Crippen LogP contribution < -0.4 is 5.73 Å². The molecule has 2 heterocycles. The minimum Gasteiger partial charge on any atom is -0.329 e. The number of hydrogen-bond acceptors (Lipinski definition) is 2. The Hall–Kier alpha value is -0.870. The van der Waals surface area contributed by atoms with Crippen molar-refractivity contribution in [3.8, 4) is 0 Å². The first-order valence-electron chi connectivity index (χ1n) is 5.10. The Morgan fingerprint density at radius 3 is 2.93 bits per heavy atom. The lowest BCUT2D eigenvalue weighted by Crippen LogP contribution is -2.22. The van der Waals surface area contributed by atoms with E-state index in [1.807, 2.05) is 12.1 Å². The third-order valence-corrected chi connectivity index (χ3v) is 3.81. The molecule has 2 aromatic heterocycles. The standard InChI is InChI=1S/C11H12BrN3/c12-9-8-3-1-2-6-15(8)10(14-9)11(7-13)4-5-11/h1-3,6H,4-5,7,13H2. The maximum atomic E-state index is 5.83. The molecule has 1 aliphatic rings. The summed E-state index contributed by atoms with van der Waals surface area (Å²) in [6.45, 7) is 0.688. The van der Waals surface area contributed by atoms with Gasteiger partial charge >= 0.3 is 0 Å². The van der Waals surface area contributed by atoms with Crippen LogP contribution in [0.5, 0.6) is 0 Å². The predicted octanol–water partition coefficient (Wildman–Crippen LogP) is 2.09. The van der Waals surface area contributed by atoms with Gasteiger partial charge in [-0.3, -0.25) is 0 Å². The van der Waals surface area contributed by atoms with Crippen LogP contribution in [0.3, 0.4) is 0 Å². The second kappa shape index (κ2) is 3.06. The zero-order valence-corrected chi connectivity index (χ0v) is 9.87. The summed E-state index contributed by atoms with van der Waals surface area (Å²) in [5.74, 6) is 1.10. The van der Waals surface area contributed by atoms with Gasteiger partial charge in [0, 0.05) is 18.2 Å². The number of rotatable bonds is 2. The van der Waals surface area contributed by atoms with Gasteiger partial charge in [-0.15, -0.1) is 0 Å². The molecule has 1 aliphatic carbocycles. The molecule has 0 radical (unpaired) electrons. The zero-order valence-electron chi connectivity index (χ0n) is 8.28. The normalized spacial score (nSPS) is 18.3. The van der Waals surface area contributed by atoms with E-state index < -0.39 is 0 Å². The molecule has 0 aliphatic heterocycles. The number of imidazole rings is 1. The molecule has 1 saturated carbocycles. The fourth-order valence-corrected chi connectivity index (χ4v) is 2.54. The first-order valence-corrected chi connectivity index (χ1v) is 5.89. The van der Waals surface area contributed by atoms with Crippen molar-refractivity contribution < 1.29 is 0 Å². The summed E-state index contributed by atoms with van der Waals surface area (Å²) in [7, 11) is 0. The van der Waals surface area contributed by atoms with Gasteiger partial charge in [-0.1, -0.05) is 6.07 Å². The Bertz CT molecular complexity index is 514. The number of nitrogens with zero attached hydrogens (tertiary/aromatic N) is 2. The van der Waals surface area contributed by atoms with Gasteiger partial charge in [0.15, 0.2) is 0 Å². The summed E-state index contributed by atoms with van der Waals surface area (Å²) in [5.41, 5.74) is 7.09. The highest BCUT2D eigenvalue weighted by Crippen LogP contribution is 2.47. The monoisotopic (exact) mass is 265 g/mol. The van der Waals surface area contributed by atoms with E-state index in [0.717, 1.165) is 28.8 Å². The van der Waals surface area contributed by atoms with Crippen LogP contribution in [0.4, 0.5) is 0 Å². The Labute approximate surface area is 96.4 Å². The van der Waals surface area contributed by atoms with E-state index >= 15 is 0 Å². The summed E-state index contributed by atoms with van der Waals surface area (Å²) >= 11 is 3.49. The molecule has 2 N–H and O–H groups in total. The number of hydrogen-bond donors (Lipinski definition) is 1. The molecule has 0 atom stereocenters. The van der Waals surface area contributed by atoms with Crippen LogP contribution in [-0.4, -0.2) is 15.9 Å². The number of aromatic nitrogens is 2. The highest BCUT2D eigenvalue weighted by Gasteiger charge is 2.46. The number of nitrogens with two attached hydrogens (primary N) is 1. The molecule has 0 unspecified atom stereocenters. The van der Waals surface area contributed by atoms with Crippen molar-refractivity contribution in [2.75, 3.05) is 6.54 Å². The lowest BCUT2D eigenvalue weighted by Gasteiger charge is -2.10. The second-order valence-corrected chi connectivity index (χ2v) is 4.92. The van der Waals surface area contributed by atoms with E-state index in [2.05, 4.69) is 37.6 Å². The van der Waals surface area contributed by atoms with Gasteiger partial charge in [-0.25, -0.2) is 4.98 Å². The van der Waals surface area contributed by atoms with E-state index in [-0.39, 0.29) is 5.41 Å². The third-order valence-electron chi connectivity index (χ3n) is 3.22. The fourth-order valence-electron chi connectivity index (χ4n) is 2.04. The van der Waals surface area contributed by atoms with Crippen LogP contribution in [0.15, 0.2) is 29.0 Å². The fraction of sp³-hybridized carbons (Fsp3) is 0.364. The Morgan fingerprint density at radius 1 is 1.47 bits per heavy atom. The Kier molecular flexibility index (Phi) is 1.91. The summed E-state index contributed by atoms with van der Waals surface area (Å²) in [6.07, 6.45) is 4.37. The molecule has 3 nitrogen and oxygen atoms in total. The van der Waals surface area contributed by atoms with Crippen molar-refractivity contribution in [1.82, 2.24) is 9.38 Å². The molecular formula is C11H12BrN3. The first-order chi connectivity index (χ1) is 7.27. The van der Waals surface area contributed by atoms with Crippen LogP contribution in [0.1, 0.15) is 18.7 Å². The van der Waals surface area contributed by atoms with E-state index in [0.29, 0.717) is 6.54 Å². The van der Waals surface area contributed by atoms with Crippen molar-refractivity contribution in [2.24, 2.45) is 5.73 Å². The average molecular weight is 266 g/mol. The predicted molar refractivity (Wildman–Crippen MR) is 62.9 cm³/mol. The van der Waals surface area contributed by atoms with Gasteiger partial charge in [-0.2, -0.15) is 0 Å². The summed E-state index contributed by atoms with van der Waals surface area (Å²) in [6, 6.07) is 6.11. The topological polar surface area (TPSA) is 43.3 Å². The number of fused-ring (bicyclic) bond motifs is 1. The Morgan fingerprint density at radius 2 is 2.27 bits per heavy atom. The van der Waals surface area contributed by atoms with Gasteiger partial charge in [0.2, 0.25) is 0 Å². The third kappa shape index (κ3) is 1.25. The van der Waals surface area contributed by atoms with E-state index in [9.17, 15) is 0 Å². The van der Waals surface area contributed by atoms with Gasteiger partial charge in [0.05, 0.1) is 5.52 Å². The molecule has 0 saturated heterocycles. The highest BCUT2D eigenvalue weighted by molar-refractivity contribution is 9.10. The van der Waals surface area contributed by atoms with Crippen LogP contribution in [0, 0.1) is 0 Å². The van der Waals surface area contributed by atoms with Crippen molar-refractivity contribution in [3.05, 3.63) is 34.8 Å². The molecule has 0 amide bonds. The molecule has 2 aromatic rings. The van der Waals surface area contributed by atoms with Gasteiger partial charge in [0.25, 0.3) is 0 Å². The van der Waals surface area contributed by atoms with Crippen LogP contribution in [0.25, 0.3) is 5.52 Å². The minimum absolute atomic E-state index is 0.135. The summed E-state index contributed by atoms with van der Waals surface area (Å²) in [4.78, 5) is 4.59. The van der Waals surface area contributed by atoms with Gasteiger partial charge in [-0.05, 0) is 40.9 Å². The van der Waals surface area contributed by atoms with Crippen molar-refractivity contribution in [2.45, 2.75) is 18.3 Å².